The molecule has 122 valence electrons. The maximum absolute atomic E-state index is 13.8. The van der Waals surface area contributed by atoms with Gasteiger partial charge in [-0.05, 0) is 37.3 Å². The zero-order valence-corrected chi connectivity index (χ0v) is 13.0. The minimum Gasteiger partial charge on any atom is -0.340 e. The van der Waals surface area contributed by atoms with Gasteiger partial charge in [0.05, 0.1) is 0 Å². The average molecular weight is 338 g/mol. The molecule has 1 aromatic carbocycles. The molecule has 1 heterocycles. The van der Waals surface area contributed by atoms with Gasteiger partial charge in [0.1, 0.15) is 16.5 Å². The molecule has 0 aliphatic heterocycles. The van der Waals surface area contributed by atoms with Crippen LogP contribution in [0.15, 0.2) is 47.5 Å². The predicted molar refractivity (Wildman–Crippen MR) is 83.3 cm³/mol. The topological polar surface area (TPSA) is 100 Å². The monoisotopic (exact) mass is 338 g/mol. The van der Waals surface area contributed by atoms with Gasteiger partial charge in [0.2, 0.25) is 0 Å². The first-order valence-electron chi connectivity index (χ1n) is 6.70. The van der Waals surface area contributed by atoms with Crippen LogP contribution in [0.5, 0.6) is 0 Å². The Bertz CT molecular complexity index is 797. The van der Waals surface area contributed by atoms with E-state index >= 15 is 0 Å². The van der Waals surface area contributed by atoms with Crippen molar-refractivity contribution in [1.29, 1.82) is 0 Å². The highest BCUT2D eigenvalue weighted by Crippen LogP contribution is 2.21. The molecule has 23 heavy (non-hydrogen) atoms. The molecule has 0 bridgehead atoms. The predicted octanol–water partition coefficient (Wildman–Crippen LogP) is 1.97. The Kier molecular flexibility index (Phi) is 5.12. The molecule has 3 N–H and O–H groups in total. The number of nitrogens with zero attached hydrogens (tertiary/aromatic N) is 1. The molecule has 0 aliphatic carbocycles. The van der Waals surface area contributed by atoms with E-state index in [1.165, 1.54) is 6.07 Å². The molecule has 2 amide bonds. The number of urea groups is 1. The number of hydrogen-bond acceptors (Lipinski definition) is 5. The number of halogens is 1. The zero-order valence-electron chi connectivity index (χ0n) is 12.2. The van der Waals surface area contributed by atoms with Crippen LogP contribution < -0.4 is 15.4 Å². The number of aromatic nitrogens is 1. The lowest BCUT2D eigenvalue weighted by Gasteiger charge is -2.11. The summed E-state index contributed by atoms with van der Waals surface area (Å²) < 4.78 is 39.8. The number of rotatable bonds is 5. The molecule has 0 fully saturated rings. The average Bonchev–Trinajstić information content (AvgIpc) is 2.50. The van der Waals surface area contributed by atoms with Crippen molar-refractivity contribution in [3.05, 3.63) is 48.4 Å². The van der Waals surface area contributed by atoms with Crippen molar-refractivity contribution in [2.45, 2.75) is 11.8 Å². The van der Waals surface area contributed by atoms with Crippen LogP contribution in [0.25, 0.3) is 0 Å². The third-order valence-electron chi connectivity index (χ3n) is 2.72. The first kappa shape index (κ1) is 16.7. The SMILES string of the molecule is CCNC(=O)NS(=O)(=O)c1cc(Nc2ccccn2)ccc1F. The highest BCUT2D eigenvalue weighted by molar-refractivity contribution is 7.90. The van der Waals surface area contributed by atoms with Crippen LogP contribution in [-0.4, -0.2) is 26.0 Å². The van der Waals surface area contributed by atoms with Gasteiger partial charge in [-0.1, -0.05) is 6.07 Å². The lowest BCUT2D eigenvalue weighted by molar-refractivity contribution is 0.246. The van der Waals surface area contributed by atoms with E-state index in [1.807, 2.05) is 0 Å². The van der Waals surface area contributed by atoms with Gasteiger partial charge in [0, 0.05) is 18.4 Å². The van der Waals surface area contributed by atoms with Gasteiger partial charge in [-0.15, -0.1) is 0 Å². The van der Waals surface area contributed by atoms with Crippen molar-refractivity contribution >= 4 is 27.6 Å². The zero-order chi connectivity index (χ0) is 16.9. The van der Waals surface area contributed by atoms with Crippen LogP contribution in [0.2, 0.25) is 0 Å². The summed E-state index contributed by atoms with van der Waals surface area (Å²) in [6.07, 6.45) is 1.56. The summed E-state index contributed by atoms with van der Waals surface area (Å²) in [6, 6.07) is 7.67. The lowest BCUT2D eigenvalue weighted by Crippen LogP contribution is -2.39. The Morgan fingerprint density at radius 2 is 2.04 bits per heavy atom. The van der Waals surface area contributed by atoms with E-state index in [2.05, 4.69) is 15.6 Å². The molecular weight excluding hydrogens is 323 g/mol. The normalized spacial score (nSPS) is 10.9. The fourth-order valence-electron chi connectivity index (χ4n) is 1.75. The van der Waals surface area contributed by atoms with Gasteiger partial charge < -0.3 is 10.6 Å². The van der Waals surface area contributed by atoms with E-state index in [4.69, 9.17) is 0 Å². The molecule has 0 aliphatic rings. The van der Waals surface area contributed by atoms with Gasteiger partial charge in [-0.25, -0.2) is 27.3 Å². The fraction of sp³-hybridized carbons (Fsp3) is 0.143. The van der Waals surface area contributed by atoms with E-state index in [1.54, 1.807) is 36.0 Å². The summed E-state index contributed by atoms with van der Waals surface area (Å²) in [5.41, 5.74) is 0.321. The van der Waals surface area contributed by atoms with E-state index in [9.17, 15) is 17.6 Å². The molecule has 0 spiro atoms. The molecule has 0 atom stereocenters. The van der Waals surface area contributed by atoms with Crippen molar-refractivity contribution in [3.63, 3.8) is 0 Å². The van der Waals surface area contributed by atoms with E-state index < -0.39 is 26.8 Å². The number of pyridine rings is 1. The summed E-state index contributed by atoms with van der Waals surface area (Å²) in [6.45, 7) is 1.87. The smallest absolute Gasteiger partial charge is 0.328 e. The summed E-state index contributed by atoms with van der Waals surface area (Å²) in [4.78, 5) is 14.8. The highest BCUT2D eigenvalue weighted by atomic mass is 32.2. The third kappa shape index (κ3) is 4.39. The fourth-order valence-corrected chi connectivity index (χ4v) is 2.78. The Labute approximate surface area is 133 Å². The highest BCUT2D eigenvalue weighted by Gasteiger charge is 2.22. The number of sulfonamides is 1. The van der Waals surface area contributed by atoms with Gasteiger partial charge >= 0.3 is 6.03 Å². The standard InChI is InChI=1S/C14H15FN4O3S/c1-2-16-14(20)19-23(21,22)12-9-10(6-7-11(12)15)18-13-5-3-4-8-17-13/h3-9H,2H2,1H3,(H,17,18)(H2,16,19,20). The summed E-state index contributed by atoms with van der Waals surface area (Å²) in [5.74, 6) is -0.493. The van der Waals surface area contributed by atoms with E-state index in [-0.39, 0.29) is 6.54 Å². The van der Waals surface area contributed by atoms with E-state index in [0.717, 1.165) is 12.1 Å². The van der Waals surface area contributed by atoms with Crippen LogP contribution >= 0.6 is 0 Å². The number of hydrogen-bond donors (Lipinski definition) is 3. The molecule has 1 aromatic heterocycles. The molecule has 0 unspecified atom stereocenters. The van der Waals surface area contributed by atoms with Crippen LogP contribution in [0.4, 0.5) is 20.7 Å². The first-order chi connectivity index (χ1) is 10.9. The van der Waals surface area contributed by atoms with Crippen LogP contribution in [-0.2, 0) is 10.0 Å². The molecule has 9 heteroatoms. The van der Waals surface area contributed by atoms with Crippen LogP contribution in [0.3, 0.4) is 0 Å². The number of amides is 2. The molecule has 0 radical (unpaired) electrons. The molecular formula is C14H15FN4O3S. The van der Waals surface area contributed by atoms with Crippen LogP contribution in [0.1, 0.15) is 6.92 Å². The van der Waals surface area contributed by atoms with Gasteiger partial charge in [0.15, 0.2) is 0 Å². The Morgan fingerprint density at radius 1 is 1.26 bits per heavy atom. The maximum atomic E-state index is 13.8. The second kappa shape index (κ2) is 7.05. The minimum absolute atomic E-state index is 0.241. The Morgan fingerprint density at radius 3 is 2.70 bits per heavy atom. The number of carbonyl (C=O) groups excluding carboxylic acids is 1. The quantitative estimate of drug-likeness (QED) is 0.774. The number of nitrogens with one attached hydrogen (secondary N) is 3. The summed E-state index contributed by atoms with van der Waals surface area (Å²) in [5, 5.41) is 5.12. The second-order valence-corrected chi connectivity index (χ2v) is 6.10. The molecule has 0 saturated heterocycles. The number of benzene rings is 1. The number of anilines is 2. The lowest BCUT2D eigenvalue weighted by atomic mass is 10.3. The van der Waals surface area contributed by atoms with Gasteiger partial charge in [-0.2, -0.15) is 0 Å². The van der Waals surface area contributed by atoms with E-state index in [0.29, 0.717) is 11.5 Å². The van der Waals surface area contributed by atoms with Gasteiger partial charge in [0.25, 0.3) is 10.0 Å². The number of carbonyl (C=O) groups is 1. The molecule has 0 saturated carbocycles. The van der Waals surface area contributed by atoms with Crippen molar-refractivity contribution in [2.75, 3.05) is 11.9 Å². The minimum atomic E-state index is -4.32. The Balaban J connectivity index is 2.28. The first-order valence-corrected chi connectivity index (χ1v) is 8.19. The van der Waals surface area contributed by atoms with Crippen molar-refractivity contribution < 1.29 is 17.6 Å². The summed E-state index contributed by atoms with van der Waals surface area (Å²) in [7, 11) is -4.32. The maximum Gasteiger partial charge on any atom is 0.328 e. The van der Waals surface area contributed by atoms with Crippen LogP contribution in [0, 0.1) is 5.82 Å². The summed E-state index contributed by atoms with van der Waals surface area (Å²) >= 11 is 0. The largest absolute Gasteiger partial charge is 0.340 e. The van der Waals surface area contributed by atoms with Crippen molar-refractivity contribution in [3.8, 4) is 0 Å². The second-order valence-electron chi connectivity index (χ2n) is 4.45. The van der Waals surface area contributed by atoms with Crippen molar-refractivity contribution in [1.82, 2.24) is 15.0 Å². The molecule has 7 nitrogen and oxygen atoms in total. The van der Waals surface area contributed by atoms with Crippen molar-refractivity contribution in [2.24, 2.45) is 0 Å². The van der Waals surface area contributed by atoms with Gasteiger partial charge in [-0.3, -0.25) is 0 Å². The Hall–Kier alpha value is -2.68. The molecule has 2 aromatic rings. The molecule has 2 rings (SSSR count). The third-order valence-corrected chi connectivity index (χ3v) is 4.07.